The number of nitrogens with zero attached hydrogens (tertiary/aromatic N) is 2. The van der Waals surface area contributed by atoms with E-state index in [1.54, 1.807) is 25.4 Å². The van der Waals surface area contributed by atoms with Crippen molar-refractivity contribution in [2.45, 2.75) is 9.92 Å². The fourth-order valence-corrected chi connectivity index (χ4v) is 2.56. The maximum absolute atomic E-state index is 10.9. The number of pyridine rings is 1. The number of nitro benzene ring substituents is 1. The molecule has 7 heteroatoms. The molecule has 0 atom stereocenters. The van der Waals surface area contributed by atoms with Gasteiger partial charge in [0.05, 0.1) is 9.95 Å². The van der Waals surface area contributed by atoms with Crippen molar-refractivity contribution < 1.29 is 4.92 Å². The van der Waals surface area contributed by atoms with Crippen LogP contribution in [0.4, 0.5) is 11.4 Å². The Morgan fingerprint density at radius 1 is 1.42 bits per heavy atom. The van der Waals surface area contributed by atoms with Gasteiger partial charge in [-0.05, 0) is 18.2 Å². The number of aromatic nitrogens is 1. The van der Waals surface area contributed by atoms with Crippen molar-refractivity contribution in [3.05, 3.63) is 51.7 Å². The first kappa shape index (κ1) is 13.6. The molecule has 0 aliphatic carbocycles. The number of non-ortho nitro benzene ring substituents is 1. The van der Waals surface area contributed by atoms with Gasteiger partial charge in [0.1, 0.15) is 5.03 Å². The van der Waals surface area contributed by atoms with E-state index in [1.807, 2.05) is 6.07 Å². The predicted molar refractivity (Wildman–Crippen MR) is 76.0 cm³/mol. The van der Waals surface area contributed by atoms with Crippen molar-refractivity contribution in [2.75, 3.05) is 12.4 Å². The SMILES string of the molecule is CNc1cc(Sc2ncccc2Cl)cc([N+](=O)[O-])c1. The molecule has 98 valence electrons. The minimum Gasteiger partial charge on any atom is -0.388 e. The number of anilines is 1. The fraction of sp³-hybridized carbons (Fsp3) is 0.0833. The highest BCUT2D eigenvalue weighted by atomic mass is 35.5. The van der Waals surface area contributed by atoms with Crippen LogP contribution in [0, 0.1) is 10.1 Å². The minimum atomic E-state index is -0.426. The Labute approximate surface area is 119 Å². The van der Waals surface area contributed by atoms with Crippen LogP contribution in [0.5, 0.6) is 0 Å². The maximum atomic E-state index is 10.9. The lowest BCUT2D eigenvalue weighted by Crippen LogP contribution is -1.93. The number of hydrogen-bond donors (Lipinski definition) is 1. The lowest BCUT2D eigenvalue weighted by Gasteiger charge is -2.06. The molecule has 0 amide bonds. The standard InChI is InChI=1S/C12H10ClN3O2S/c1-14-8-5-9(16(17)18)7-10(6-8)19-12-11(13)3-2-4-15-12/h2-7,14H,1H3. The van der Waals surface area contributed by atoms with Crippen LogP contribution in [0.2, 0.25) is 5.02 Å². The summed E-state index contributed by atoms with van der Waals surface area (Å²) in [5.41, 5.74) is 0.699. The Kier molecular flexibility index (Phi) is 4.24. The zero-order chi connectivity index (χ0) is 13.8. The molecule has 0 spiro atoms. The topological polar surface area (TPSA) is 68.1 Å². The van der Waals surface area contributed by atoms with Gasteiger partial charge in [0.15, 0.2) is 0 Å². The summed E-state index contributed by atoms with van der Waals surface area (Å²) in [5, 5.41) is 14.9. The first-order valence-corrected chi connectivity index (χ1v) is 6.55. The van der Waals surface area contributed by atoms with E-state index in [2.05, 4.69) is 10.3 Å². The molecule has 2 aromatic rings. The summed E-state index contributed by atoms with van der Waals surface area (Å²) in [6, 6.07) is 8.25. The van der Waals surface area contributed by atoms with Crippen molar-refractivity contribution in [1.82, 2.24) is 4.98 Å². The van der Waals surface area contributed by atoms with Gasteiger partial charge >= 0.3 is 0 Å². The lowest BCUT2D eigenvalue weighted by molar-refractivity contribution is -0.385. The van der Waals surface area contributed by atoms with E-state index in [9.17, 15) is 10.1 Å². The second-order valence-corrected chi connectivity index (χ2v) is 5.08. The lowest BCUT2D eigenvalue weighted by atomic mass is 10.3. The van der Waals surface area contributed by atoms with Gasteiger partial charge in [-0.25, -0.2) is 4.98 Å². The molecule has 0 saturated carbocycles. The van der Waals surface area contributed by atoms with Gasteiger partial charge in [0.25, 0.3) is 5.69 Å². The number of rotatable bonds is 4. The Morgan fingerprint density at radius 2 is 2.21 bits per heavy atom. The van der Waals surface area contributed by atoms with Crippen LogP contribution in [0.3, 0.4) is 0 Å². The summed E-state index contributed by atoms with van der Waals surface area (Å²) in [7, 11) is 1.71. The molecular formula is C12H10ClN3O2S. The third-order valence-electron chi connectivity index (χ3n) is 2.33. The number of hydrogen-bond acceptors (Lipinski definition) is 5. The van der Waals surface area contributed by atoms with Crippen LogP contribution in [0.1, 0.15) is 0 Å². The molecule has 1 aromatic heterocycles. The van der Waals surface area contributed by atoms with E-state index in [-0.39, 0.29) is 5.69 Å². The largest absolute Gasteiger partial charge is 0.388 e. The number of nitro groups is 1. The normalized spacial score (nSPS) is 10.2. The second kappa shape index (κ2) is 5.90. The molecule has 1 aromatic carbocycles. The van der Waals surface area contributed by atoms with Crippen LogP contribution in [0.15, 0.2) is 46.5 Å². The quantitative estimate of drug-likeness (QED) is 0.685. The first-order chi connectivity index (χ1) is 9.10. The summed E-state index contributed by atoms with van der Waals surface area (Å²) < 4.78 is 0. The van der Waals surface area contributed by atoms with E-state index in [0.29, 0.717) is 20.6 Å². The fourth-order valence-electron chi connectivity index (χ4n) is 1.45. The highest BCUT2D eigenvalue weighted by molar-refractivity contribution is 7.99. The van der Waals surface area contributed by atoms with Crippen LogP contribution < -0.4 is 5.32 Å². The molecule has 19 heavy (non-hydrogen) atoms. The van der Waals surface area contributed by atoms with Crippen LogP contribution in [0.25, 0.3) is 0 Å². The smallest absolute Gasteiger partial charge is 0.272 e. The molecule has 1 N–H and O–H groups in total. The van der Waals surface area contributed by atoms with Gasteiger partial charge in [-0.1, -0.05) is 23.4 Å². The Morgan fingerprint density at radius 3 is 2.84 bits per heavy atom. The summed E-state index contributed by atoms with van der Waals surface area (Å²) in [5.74, 6) is 0. The van der Waals surface area contributed by atoms with E-state index < -0.39 is 4.92 Å². The van der Waals surface area contributed by atoms with E-state index in [1.165, 1.54) is 23.9 Å². The molecular weight excluding hydrogens is 286 g/mol. The summed E-state index contributed by atoms with van der Waals surface area (Å²) in [6.07, 6.45) is 1.63. The van der Waals surface area contributed by atoms with Gasteiger partial charge in [0, 0.05) is 36.0 Å². The van der Waals surface area contributed by atoms with E-state index in [4.69, 9.17) is 11.6 Å². The monoisotopic (exact) mass is 295 g/mol. The molecule has 1 heterocycles. The number of nitrogens with one attached hydrogen (secondary N) is 1. The highest BCUT2D eigenvalue weighted by Crippen LogP contribution is 2.34. The predicted octanol–water partition coefficient (Wildman–Crippen LogP) is 3.84. The van der Waals surface area contributed by atoms with E-state index in [0.717, 1.165) is 0 Å². The Bertz CT molecular complexity index is 622. The third-order valence-corrected chi connectivity index (χ3v) is 3.74. The second-order valence-electron chi connectivity index (χ2n) is 3.62. The summed E-state index contributed by atoms with van der Waals surface area (Å²) in [4.78, 5) is 15.3. The van der Waals surface area contributed by atoms with Gasteiger partial charge in [-0.2, -0.15) is 0 Å². The molecule has 0 unspecified atom stereocenters. The van der Waals surface area contributed by atoms with Gasteiger partial charge in [-0.3, -0.25) is 10.1 Å². The van der Waals surface area contributed by atoms with Crippen molar-refractivity contribution in [2.24, 2.45) is 0 Å². The molecule has 0 fully saturated rings. The number of halogens is 1. The van der Waals surface area contributed by atoms with Gasteiger partial charge < -0.3 is 5.32 Å². The van der Waals surface area contributed by atoms with Crippen LogP contribution >= 0.6 is 23.4 Å². The average Bonchev–Trinajstić information content (AvgIpc) is 2.41. The Balaban J connectivity index is 2.37. The van der Waals surface area contributed by atoms with E-state index >= 15 is 0 Å². The highest BCUT2D eigenvalue weighted by Gasteiger charge is 2.11. The molecule has 5 nitrogen and oxygen atoms in total. The van der Waals surface area contributed by atoms with Crippen molar-refractivity contribution in [3.8, 4) is 0 Å². The Hall–Kier alpha value is -1.79. The zero-order valence-corrected chi connectivity index (χ0v) is 11.5. The molecule has 2 rings (SSSR count). The zero-order valence-electron chi connectivity index (χ0n) is 9.96. The molecule has 0 radical (unpaired) electrons. The average molecular weight is 296 g/mol. The molecule has 0 aliphatic rings. The molecule has 0 saturated heterocycles. The molecule has 0 bridgehead atoms. The van der Waals surface area contributed by atoms with Crippen LogP contribution in [-0.4, -0.2) is 17.0 Å². The van der Waals surface area contributed by atoms with Crippen molar-refractivity contribution >= 4 is 34.7 Å². The van der Waals surface area contributed by atoms with Gasteiger partial charge in [-0.15, -0.1) is 0 Å². The molecule has 0 aliphatic heterocycles. The summed E-state index contributed by atoms with van der Waals surface area (Å²) in [6.45, 7) is 0. The number of benzene rings is 1. The third kappa shape index (κ3) is 3.36. The van der Waals surface area contributed by atoms with Gasteiger partial charge in [0.2, 0.25) is 0 Å². The van der Waals surface area contributed by atoms with Crippen LogP contribution in [-0.2, 0) is 0 Å². The first-order valence-electron chi connectivity index (χ1n) is 5.36. The maximum Gasteiger partial charge on any atom is 0.272 e. The van der Waals surface area contributed by atoms with Crippen molar-refractivity contribution in [3.63, 3.8) is 0 Å². The summed E-state index contributed by atoms with van der Waals surface area (Å²) >= 11 is 7.31. The van der Waals surface area contributed by atoms with Crippen molar-refractivity contribution in [1.29, 1.82) is 0 Å². The minimum absolute atomic E-state index is 0.0291.